The lowest BCUT2D eigenvalue weighted by atomic mass is 10.2. The minimum Gasteiger partial charge on any atom is -0.383 e. The third-order valence-electron chi connectivity index (χ3n) is 3.39. The van der Waals surface area contributed by atoms with Crippen LogP contribution in [0.25, 0.3) is 5.69 Å². The Kier molecular flexibility index (Phi) is 4.92. The fourth-order valence-electron chi connectivity index (χ4n) is 2.20. The van der Waals surface area contributed by atoms with E-state index in [4.69, 9.17) is 18.0 Å². The van der Waals surface area contributed by atoms with E-state index in [-0.39, 0.29) is 10.7 Å². The van der Waals surface area contributed by atoms with Gasteiger partial charge in [0, 0.05) is 11.3 Å². The zero-order chi connectivity index (χ0) is 17.8. The van der Waals surface area contributed by atoms with Gasteiger partial charge in [0.15, 0.2) is 3.95 Å². The predicted molar refractivity (Wildman–Crippen MR) is 100 cm³/mol. The van der Waals surface area contributed by atoms with Crippen LogP contribution in [0.3, 0.4) is 0 Å². The number of anilines is 1. The second kappa shape index (κ2) is 7.29. The van der Waals surface area contributed by atoms with Gasteiger partial charge in [-0.1, -0.05) is 47.7 Å². The number of hydrogen-bond donors (Lipinski definition) is 3. The van der Waals surface area contributed by atoms with Crippen molar-refractivity contribution in [1.82, 2.24) is 15.4 Å². The molecule has 2 aromatic carbocycles. The summed E-state index contributed by atoms with van der Waals surface area (Å²) >= 11 is 6.39. The van der Waals surface area contributed by atoms with Crippen molar-refractivity contribution in [3.05, 3.63) is 75.1 Å². The number of hydrazine groups is 1. The highest BCUT2D eigenvalue weighted by molar-refractivity contribution is 7.73. The minimum atomic E-state index is -0.521. The molecule has 0 aliphatic rings. The molecule has 3 aromatic rings. The molecule has 1 heterocycles. The Hall–Kier alpha value is -2.97. The van der Waals surface area contributed by atoms with E-state index >= 15 is 0 Å². The summed E-state index contributed by atoms with van der Waals surface area (Å²) in [5.74, 6) is -0.709. The maximum Gasteiger partial charge on any atom is 0.283 e. The van der Waals surface area contributed by atoms with Crippen molar-refractivity contribution in [2.24, 2.45) is 0 Å². The molecule has 0 radical (unpaired) electrons. The second-order valence-electron chi connectivity index (χ2n) is 5.03. The maximum absolute atomic E-state index is 12.3. The summed E-state index contributed by atoms with van der Waals surface area (Å²) in [7, 11) is 0. The Balaban J connectivity index is 1.77. The summed E-state index contributed by atoms with van der Waals surface area (Å²) in [4.78, 5) is 24.6. The number of para-hydroxylation sites is 1. The van der Waals surface area contributed by atoms with Crippen LogP contribution in [0.5, 0.6) is 0 Å². The summed E-state index contributed by atoms with van der Waals surface area (Å²) in [6.45, 7) is 0. The van der Waals surface area contributed by atoms with Gasteiger partial charge in [-0.25, -0.2) is 0 Å². The number of hydrogen-bond acceptors (Lipinski definition) is 5. The number of aromatic nitrogens is 1. The molecule has 3 rings (SSSR count). The molecule has 25 heavy (non-hydrogen) atoms. The number of nitrogens with zero attached hydrogens (tertiary/aromatic N) is 1. The van der Waals surface area contributed by atoms with E-state index in [1.165, 1.54) is 0 Å². The van der Waals surface area contributed by atoms with Crippen LogP contribution in [0, 0.1) is 3.95 Å². The maximum atomic E-state index is 12.3. The summed E-state index contributed by atoms with van der Waals surface area (Å²) in [5, 5.41) is 0. The van der Waals surface area contributed by atoms with Gasteiger partial charge in [0.1, 0.15) is 10.7 Å². The number of nitrogen functional groups attached to an aromatic ring is 1. The molecule has 0 fully saturated rings. The predicted octanol–water partition coefficient (Wildman–Crippen LogP) is 2.93. The molecule has 0 bridgehead atoms. The van der Waals surface area contributed by atoms with E-state index in [0.29, 0.717) is 9.52 Å². The molecule has 4 N–H and O–H groups in total. The first-order valence-electron chi connectivity index (χ1n) is 7.30. The lowest BCUT2D eigenvalue weighted by Crippen LogP contribution is -2.41. The van der Waals surface area contributed by atoms with E-state index in [1.54, 1.807) is 34.9 Å². The summed E-state index contributed by atoms with van der Waals surface area (Å²) in [5.41, 5.74) is 12.0. The molecular weight excluding hydrogens is 356 g/mol. The van der Waals surface area contributed by atoms with E-state index < -0.39 is 11.8 Å². The topological polar surface area (TPSA) is 89.2 Å². The highest BCUT2D eigenvalue weighted by Crippen LogP contribution is 2.25. The minimum absolute atomic E-state index is 0.229. The molecule has 0 saturated carbocycles. The third kappa shape index (κ3) is 3.59. The largest absolute Gasteiger partial charge is 0.383 e. The van der Waals surface area contributed by atoms with Crippen molar-refractivity contribution in [3.63, 3.8) is 0 Å². The van der Waals surface area contributed by atoms with Gasteiger partial charge in [-0.15, -0.1) is 0 Å². The Morgan fingerprint density at radius 2 is 1.48 bits per heavy atom. The first kappa shape index (κ1) is 16.9. The van der Waals surface area contributed by atoms with Gasteiger partial charge >= 0.3 is 0 Å². The lowest BCUT2D eigenvalue weighted by molar-refractivity contribution is 0.0849. The number of carbonyl (C=O) groups excluding carboxylic acids is 2. The highest BCUT2D eigenvalue weighted by Gasteiger charge is 2.18. The molecule has 126 valence electrons. The molecule has 1 aromatic heterocycles. The third-order valence-corrected chi connectivity index (χ3v) is 4.78. The molecule has 0 atom stereocenters. The normalized spacial score (nSPS) is 10.2. The van der Waals surface area contributed by atoms with Gasteiger partial charge < -0.3 is 5.73 Å². The van der Waals surface area contributed by atoms with Gasteiger partial charge in [0.25, 0.3) is 11.8 Å². The zero-order valence-electron chi connectivity index (χ0n) is 12.9. The highest BCUT2D eigenvalue weighted by atomic mass is 32.1. The van der Waals surface area contributed by atoms with Crippen LogP contribution in [-0.2, 0) is 0 Å². The summed E-state index contributed by atoms with van der Waals surface area (Å²) < 4.78 is 2.07. The molecule has 0 saturated heterocycles. The van der Waals surface area contributed by atoms with Gasteiger partial charge in [-0.2, -0.15) is 0 Å². The van der Waals surface area contributed by atoms with Crippen molar-refractivity contribution in [2.45, 2.75) is 0 Å². The molecule has 0 aliphatic heterocycles. The smallest absolute Gasteiger partial charge is 0.283 e. The Labute approximate surface area is 152 Å². The number of nitrogens with two attached hydrogens (primary N) is 1. The summed E-state index contributed by atoms with van der Waals surface area (Å²) in [6, 6.07) is 17.8. The SMILES string of the molecule is Nc1c(C(=O)NNC(=O)c2ccccc2)sc(=S)n1-c1ccccc1. The van der Waals surface area contributed by atoms with Crippen LogP contribution < -0.4 is 16.6 Å². The van der Waals surface area contributed by atoms with Crippen molar-refractivity contribution >= 4 is 41.2 Å². The summed E-state index contributed by atoms with van der Waals surface area (Å²) in [6.07, 6.45) is 0. The standard InChI is InChI=1S/C17H14N4O2S2/c18-14-13(25-17(24)21(14)12-9-5-2-6-10-12)16(23)20-19-15(22)11-7-3-1-4-8-11/h1-10H,18H2,(H,19,22)(H,20,23). The number of amides is 2. The first-order valence-corrected chi connectivity index (χ1v) is 8.53. The number of carbonyl (C=O) groups is 2. The van der Waals surface area contributed by atoms with Crippen molar-refractivity contribution in [1.29, 1.82) is 0 Å². The van der Waals surface area contributed by atoms with Crippen molar-refractivity contribution in [2.75, 3.05) is 5.73 Å². The molecule has 0 unspecified atom stereocenters. The Morgan fingerprint density at radius 3 is 2.12 bits per heavy atom. The first-order chi connectivity index (χ1) is 12.1. The van der Waals surface area contributed by atoms with Gasteiger partial charge in [-0.05, 0) is 36.5 Å². The van der Waals surface area contributed by atoms with E-state index in [9.17, 15) is 9.59 Å². The number of nitrogens with one attached hydrogen (secondary N) is 2. The number of thiazole rings is 1. The van der Waals surface area contributed by atoms with Crippen LogP contribution >= 0.6 is 23.6 Å². The van der Waals surface area contributed by atoms with Gasteiger partial charge in [0.05, 0.1) is 0 Å². The molecule has 0 spiro atoms. The number of rotatable bonds is 3. The van der Waals surface area contributed by atoms with Crippen LogP contribution in [0.1, 0.15) is 20.0 Å². The monoisotopic (exact) mass is 370 g/mol. The molecule has 0 aliphatic carbocycles. The van der Waals surface area contributed by atoms with Gasteiger partial charge in [-0.3, -0.25) is 25.0 Å². The fourth-order valence-corrected chi connectivity index (χ4v) is 3.46. The molecule has 8 heteroatoms. The molecular formula is C17H14N4O2S2. The van der Waals surface area contributed by atoms with Crippen LogP contribution in [0.2, 0.25) is 0 Å². The average Bonchev–Trinajstić information content (AvgIpc) is 2.95. The Bertz CT molecular complexity index is 965. The van der Waals surface area contributed by atoms with E-state index in [2.05, 4.69) is 10.9 Å². The molecule has 6 nitrogen and oxygen atoms in total. The van der Waals surface area contributed by atoms with Crippen LogP contribution in [0.15, 0.2) is 60.7 Å². The van der Waals surface area contributed by atoms with Crippen LogP contribution in [-0.4, -0.2) is 16.4 Å². The second-order valence-corrected chi connectivity index (χ2v) is 6.67. The van der Waals surface area contributed by atoms with E-state index in [1.807, 2.05) is 30.3 Å². The van der Waals surface area contributed by atoms with Gasteiger partial charge in [0.2, 0.25) is 0 Å². The lowest BCUT2D eigenvalue weighted by Gasteiger charge is -2.08. The van der Waals surface area contributed by atoms with Crippen LogP contribution in [0.4, 0.5) is 5.82 Å². The molecule has 2 amide bonds. The quantitative estimate of drug-likeness (QED) is 0.488. The van der Waals surface area contributed by atoms with Crippen molar-refractivity contribution in [3.8, 4) is 5.69 Å². The number of benzene rings is 2. The zero-order valence-corrected chi connectivity index (χ0v) is 14.6. The van der Waals surface area contributed by atoms with E-state index in [0.717, 1.165) is 17.0 Å². The Morgan fingerprint density at radius 1 is 0.920 bits per heavy atom. The average molecular weight is 370 g/mol. The fraction of sp³-hybridized carbons (Fsp3) is 0. The van der Waals surface area contributed by atoms with Crippen molar-refractivity contribution < 1.29 is 9.59 Å².